The summed E-state index contributed by atoms with van der Waals surface area (Å²) in [4.78, 5) is 13.5. The molecule has 4 aromatic rings. The summed E-state index contributed by atoms with van der Waals surface area (Å²) in [5, 5.41) is 3.43. The van der Waals surface area contributed by atoms with Crippen LogP contribution in [0.3, 0.4) is 0 Å². The fraction of sp³-hybridized carbons (Fsp3) is 0.208. The van der Waals surface area contributed by atoms with Crippen molar-refractivity contribution in [2.75, 3.05) is 7.11 Å². The highest BCUT2D eigenvalue weighted by molar-refractivity contribution is 6.11. The van der Waals surface area contributed by atoms with Crippen LogP contribution in [0.5, 0.6) is 11.5 Å². The highest BCUT2D eigenvalue weighted by Crippen LogP contribution is 2.41. The van der Waals surface area contributed by atoms with E-state index in [1.807, 2.05) is 57.3 Å². The molecule has 0 saturated heterocycles. The van der Waals surface area contributed by atoms with Gasteiger partial charge in [0.1, 0.15) is 17.1 Å². The number of aromatic nitrogens is 1. The zero-order valence-electron chi connectivity index (χ0n) is 16.4. The van der Waals surface area contributed by atoms with Crippen LogP contribution in [-0.4, -0.2) is 17.3 Å². The van der Waals surface area contributed by atoms with Crippen LogP contribution in [0.2, 0.25) is 0 Å². The van der Waals surface area contributed by atoms with E-state index in [-0.39, 0.29) is 5.43 Å². The minimum atomic E-state index is -0.409. The second kappa shape index (κ2) is 5.61. The molecule has 5 rings (SSSR count). The van der Waals surface area contributed by atoms with Crippen molar-refractivity contribution in [1.82, 2.24) is 4.57 Å². The summed E-state index contributed by atoms with van der Waals surface area (Å²) in [7, 11) is 3.60. The summed E-state index contributed by atoms with van der Waals surface area (Å²) in [6.45, 7) is 4.02. The fourth-order valence-corrected chi connectivity index (χ4v) is 4.26. The lowest BCUT2D eigenvalue weighted by Gasteiger charge is -2.29. The molecule has 28 heavy (non-hydrogen) atoms. The number of ether oxygens (including phenoxy) is 2. The smallest absolute Gasteiger partial charge is 0.201 e. The fourth-order valence-electron chi connectivity index (χ4n) is 4.26. The second-order valence-electron chi connectivity index (χ2n) is 7.82. The van der Waals surface area contributed by atoms with Crippen molar-refractivity contribution in [3.05, 3.63) is 64.3 Å². The molecule has 4 heteroatoms. The number of nitrogens with zero attached hydrogens (tertiary/aromatic N) is 1. The van der Waals surface area contributed by atoms with Gasteiger partial charge in [-0.25, -0.2) is 0 Å². The third-order valence-corrected chi connectivity index (χ3v) is 5.55. The largest absolute Gasteiger partial charge is 0.496 e. The van der Waals surface area contributed by atoms with E-state index in [4.69, 9.17) is 9.47 Å². The van der Waals surface area contributed by atoms with Gasteiger partial charge >= 0.3 is 0 Å². The molecule has 0 fully saturated rings. The number of hydrogen-bond donors (Lipinski definition) is 0. The Morgan fingerprint density at radius 2 is 1.82 bits per heavy atom. The lowest BCUT2D eigenvalue weighted by molar-refractivity contribution is 0.159. The standard InChI is InChI=1S/C24H21NO3/c1-24(2)12-11-16-18(28-24)13-19(27-4)20-22(16)25(3)21-15-8-6-5-7-14(15)9-10-17(21)23(20)26/h5-13H,1-4H3. The van der Waals surface area contributed by atoms with Gasteiger partial charge in [-0.3, -0.25) is 4.79 Å². The van der Waals surface area contributed by atoms with Gasteiger partial charge < -0.3 is 14.0 Å². The molecule has 0 atom stereocenters. The lowest BCUT2D eigenvalue weighted by Crippen LogP contribution is -2.28. The summed E-state index contributed by atoms with van der Waals surface area (Å²) in [5.41, 5.74) is 2.23. The maximum absolute atomic E-state index is 13.5. The highest BCUT2D eigenvalue weighted by atomic mass is 16.5. The topological polar surface area (TPSA) is 40.5 Å². The number of fused-ring (bicyclic) bond motifs is 6. The summed E-state index contributed by atoms with van der Waals surface area (Å²) in [6, 6.07) is 13.9. The van der Waals surface area contributed by atoms with Gasteiger partial charge in [-0.15, -0.1) is 0 Å². The van der Waals surface area contributed by atoms with E-state index in [0.29, 0.717) is 16.5 Å². The third kappa shape index (κ3) is 2.21. The molecule has 1 aliphatic heterocycles. The summed E-state index contributed by atoms with van der Waals surface area (Å²) in [5.74, 6) is 1.27. The minimum Gasteiger partial charge on any atom is -0.496 e. The first-order chi connectivity index (χ1) is 13.4. The SMILES string of the molecule is COc1cc2c(c3c1c(=O)c1ccc4ccccc4c1n3C)C=CC(C)(C)O2. The molecule has 0 unspecified atom stereocenters. The predicted molar refractivity (Wildman–Crippen MR) is 114 cm³/mol. The Hall–Kier alpha value is -3.27. The molecular weight excluding hydrogens is 350 g/mol. The van der Waals surface area contributed by atoms with Crippen molar-refractivity contribution >= 4 is 38.7 Å². The van der Waals surface area contributed by atoms with Gasteiger partial charge in [-0.2, -0.15) is 0 Å². The van der Waals surface area contributed by atoms with Crippen molar-refractivity contribution in [2.45, 2.75) is 19.4 Å². The molecule has 0 N–H and O–H groups in total. The van der Waals surface area contributed by atoms with Crippen LogP contribution in [0.15, 0.2) is 53.3 Å². The predicted octanol–water partition coefficient (Wildman–Crippen LogP) is 5.04. The second-order valence-corrected chi connectivity index (χ2v) is 7.82. The van der Waals surface area contributed by atoms with Crippen LogP contribution >= 0.6 is 0 Å². The van der Waals surface area contributed by atoms with Crippen LogP contribution in [0.4, 0.5) is 0 Å². The number of aryl methyl sites for hydroxylation is 1. The van der Waals surface area contributed by atoms with E-state index >= 15 is 0 Å². The van der Waals surface area contributed by atoms with Gasteiger partial charge in [-0.1, -0.05) is 30.3 Å². The van der Waals surface area contributed by atoms with E-state index in [2.05, 4.69) is 22.8 Å². The first-order valence-electron chi connectivity index (χ1n) is 9.35. The van der Waals surface area contributed by atoms with Crippen LogP contribution in [0.25, 0.3) is 38.7 Å². The molecule has 4 nitrogen and oxygen atoms in total. The monoisotopic (exact) mass is 371 g/mol. The van der Waals surface area contributed by atoms with Gasteiger partial charge in [0.05, 0.1) is 23.5 Å². The van der Waals surface area contributed by atoms with Crippen LogP contribution < -0.4 is 14.9 Å². The number of benzene rings is 3. The normalized spacial score (nSPS) is 15.0. The molecular formula is C24H21NO3. The molecule has 0 aliphatic carbocycles. The van der Waals surface area contributed by atoms with Gasteiger partial charge in [-0.05, 0) is 37.5 Å². The molecule has 0 spiro atoms. The summed E-state index contributed by atoms with van der Waals surface area (Å²) < 4.78 is 13.9. The molecule has 1 aromatic heterocycles. The van der Waals surface area contributed by atoms with Gasteiger partial charge in [0, 0.05) is 29.4 Å². The molecule has 0 saturated carbocycles. The Morgan fingerprint density at radius 1 is 1.04 bits per heavy atom. The first-order valence-corrected chi connectivity index (χ1v) is 9.35. The molecule has 140 valence electrons. The zero-order chi connectivity index (χ0) is 19.6. The Balaban J connectivity index is 2.07. The van der Waals surface area contributed by atoms with Crippen LogP contribution in [0.1, 0.15) is 19.4 Å². The minimum absolute atomic E-state index is 0.0215. The van der Waals surface area contributed by atoms with Gasteiger partial charge in [0.15, 0.2) is 0 Å². The zero-order valence-corrected chi connectivity index (χ0v) is 16.4. The van der Waals surface area contributed by atoms with E-state index in [1.54, 1.807) is 7.11 Å². The van der Waals surface area contributed by atoms with Crippen molar-refractivity contribution in [3.8, 4) is 11.5 Å². The molecule has 1 aliphatic rings. The maximum Gasteiger partial charge on any atom is 0.201 e. The highest BCUT2D eigenvalue weighted by Gasteiger charge is 2.27. The third-order valence-electron chi connectivity index (χ3n) is 5.55. The van der Waals surface area contributed by atoms with Gasteiger partial charge in [0.2, 0.25) is 5.43 Å². The average molecular weight is 371 g/mol. The first kappa shape index (κ1) is 16.9. The van der Waals surface area contributed by atoms with Crippen molar-refractivity contribution in [1.29, 1.82) is 0 Å². The van der Waals surface area contributed by atoms with Crippen LogP contribution in [0, 0.1) is 0 Å². The molecule has 0 radical (unpaired) electrons. The van der Waals surface area contributed by atoms with Crippen LogP contribution in [-0.2, 0) is 7.05 Å². The Morgan fingerprint density at radius 3 is 2.61 bits per heavy atom. The lowest BCUT2D eigenvalue weighted by atomic mass is 9.97. The van der Waals surface area contributed by atoms with Gasteiger partial charge in [0.25, 0.3) is 0 Å². The van der Waals surface area contributed by atoms with Crippen molar-refractivity contribution in [2.24, 2.45) is 7.05 Å². The summed E-state index contributed by atoms with van der Waals surface area (Å²) >= 11 is 0. The molecule has 0 bridgehead atoms. The number of rotatable bonds is 1. The molecule has 0 amide bonds. The van der Waals surface area contributed by atoms with E-state index in [0.717, 1.165) is 33.1 Å². The number of hydrogen-bond acceptors (Lipinski definition) is 3. The molecule has 3 aromatic carbocycles. The van der Waals surface area contributed by atoms with E-state index in [1.165, 1.54) is 0 Å². The quantitative estimate of drug-likeness (QED) is 0.348. The summed E-state index contributed by atoms with van der Waals surface area (Å²) in [6.07, 6.45) is 4.08. The Labute approximate surface area is 162 Å². The molecule has 2 heterocycles. The average Bonchev–Trinajstić information content (AvgIpc) is 2.69. The van der Waals surface area contributed by atoms with Crippen molar-refractivity contribution in [3.63, 3.8) is 0 Å². The van der Waals surface area contributed by atoms with Crippen molar-refractivity contribution < 1.29 is 9.47 Å². The Bertz CT molecular complexity index is 1380. The number of methoxy groups -OCH3 is 1. The Kier molecular flexibility index (Phi) is 3.38. The number of pyridine rings is 1. The van der Waals surface area contributed by atoms with E-state index < -0.39 is 5.60 Å². The van der Waals surface area contributed by atoms with E-state index in [9.17, 15) is 4.79 Å². The maximum atomic E-state index is 13.5.